The van der Waals surface area contributed by atoms with Crippen molar-refractivity contribution in [1.82, 2.24) is 15.0 Å². The lowest BCUT2D eigenvalue weighted by atomic mass is 10.1. The number of hydrogen-bond donors (Lipinski definition) is 1. The fraction of sp³-hybridized carbons (Fsp3) is 0.0769. The summed E-state index contributed by atoms with van der Waals surface area (Å²) in [5.74, 6) is 3.59. The highest BCUT2D eigenvalue weighted by molar-refractivity contribution is 5.81. The quantitative estimate of drug-likeness (QED) is 0.352. The van der Waals surface area contributed by atoms with Gasteiger partial charge in [0, 0.05) is 35.3 Å². The van der Waals surface area contributed by atoms with Crippen molar-refractivity contribution in [1.29, 1.82) is 0 Å². The van der Waals surface area contributed by atoms with Gasteiger partial charge in [0.1, 0.15) is 23.1 Å². The van der Waals surface area contributed by atoms with Gasteiger partial charge >= 0.3 is 0 Å². The minimum Gasteiger partial charge on any atom is -0.457 e. The van der Waals surface area contributed by atoms with E-state index in [0.29, 0.717) is 18.1 Å². The molecular formula is C26H21N3O2. The van der Waals surface area contributed by atoms with Gasteiger partial charge in [0.25, 0.3) is 0 Å². The molecule has 152 valence electrons. The number of aromatic amines is 1. The highest BCUT2D eigenvalue weighted by atomic mass is 16.5. The van der Waals surface area contributed by atoms with Crippen molar-refractivity contribution in [3.05, 3.63) is 108 Å². The Morgan fingerprint density at radius 1 is 0.774 bits per heavy atom. The third-order valence-electron chi connectivity index (χ3n) is 4.89. The molecule has 0 aliphatic carbocycles. The summed E-state index contributed by atoms with van der Waals surface area (Å²) in [5, 5.41) is 1.11. The molecular weight excluding hydrogens is 386 g/mol. The van der Waals surface area contributed by atoms with Crippen LogP contribution in [0.1, 0.15) is 17.1 Å². The number of para-hydroxylation sites is 1. The lowest BCUT2D eigenvalue weighted by molar-refractivity contribution is 0.459. The van der Waals surface area contributed by atoms with Crippen molar-refractivity contribution in [2.45, 2.75) is 13.3 Å². The highest BCUT2D eigenvalue weighted by Gasteiger charge is 2.06. The van der Waals surface area contributed by atoms with E-state index >= 15 is 0 Å². The Balaban J connectivity index is 1.27. The predicted octanol–water partition coefficient (Wildman–Crippen LogP) is 6.44. The van der Waals surface area contributed by atoms with E-state index in [1.165, 1.54) is 0 Å². The molecule has 0 aliphatic rings. The van der Waals surface area contributed by atoms with Crippen LogP contribution in [0.4, 0.5) is 0 Å². The predicted molar refractivity (Wildman–Crippen MR) is 121 cm³/mol. The van der Waals surface area contributed by atoms with Crippen LogP contribution in [0, 0.1) is 6.92 Å². The largest absolute Gasteiger partial charge is 0.457 e. The molecule has 0 unspecified atom stereocenters. The fourth-order valence-corrected chi connectivity index (χ4v) is 3.45. The Bertz CT molecular complexity index is 1310. The van der Waals surface area contributed by atoms with Crippen LogP contribution in [0.15, 0.2) is 91.1 Å². The first-order chi connectivity index (χ1) is 15.2. The van der Waals surface area contributed by atoms with Gasteiger partial charge in [-0.2, -0.15) is 4.98 Å². The Morgan fingerprint density at radius 2 is 1.55 bits per heavy atom. The number of rotatable bonds is 6. The molecule has 3 aromatic carbocycles. The molecule has 2 heterocycles. The summed E-state index contributed by atoms with van der Waals surface area (Å²) in [6.07, 6.45) is 2.34. The number of nitrogens with one attached hydrogen (secondary N) is 1. The zero-order valence-corrected chi connectivity index (χ0v) is 17.1. The number of fused-ring (bicyclic) bond motifs is 1. The monoisotopic (exact) mass is 407 g/mol. The van der Waals surface area contributed by atoms with Gasteiger partial charge in [0.2, 0.25) is 5.88 Å². The second kappa shape index (κ2) is 8.32. The van der Waals surface area contributed by atoms with E-state index in [1.54, 1.807) is 12.3 Å². The van der Waals surface area contributed by atoms with Crippen molar-refractivity contribution in [2.75, 3.05) is 0 Å². The van der Waals surface area contributed by atoms with Crippen LogP contribution >= 0.6 is 0 Å². The molecule has 0 amide bonds. The summed E-state index contributed by atoms with van der Waals surface area (Å²) in [7, 11) is 0. The third kappa shape index (κ3) is 4.56. The molecule has 0 saturated carbocycles. The maximum atomic E-state index is 5.97. The van der Waals surface area contributed by atoms with Crippen molar-refractivity contribution in [3.8, 4) is 23.1 Å². The van der Waals surface area contributed by atoms with Crippen molar-refractivity contribution >= 4 is 10.9 Å². The van der Waals surface area contributed by atoms with Crippen LogP contribution < -0.4 is 9.47 Å². The van der Waals surface area contributed by atoms with Crippen molar-refractivity contribution in [3.63, 3.8) is 0 Å². The third-order valence-corrected chi connectivity index (χ3v) is 4.89. The SMILES string of the molecule is Cc1cc2cc(Oc3ccnc(Cc4ccc(Oc5ccccc5)cc4)n3)ccc2[nH]1. The number of aryl methyl sites for hydroxylation is 1. The van der Waals surface area contributed by atoms with Gasteiger partial charge in [-0.25, -0.2) is 4.98 Å². The molecule has 0 radical (unpaired) electrons. The van der Waals surface area contributed by atoms with Gasteiger partial charge in [0.15, 0.2) is 0 Å². The number of benzene rings is 3. The van der Waals surface area contributed by atoms with E-state index in [4.69, 9.17) is 9.47 Å². The Labute approximate surface area is 180 Å². The number of H-pyrrole nitrogens is 1. The molecule has 0 fully saturated rings. The first-order valence-electron chi connectivity index (χ1n) is 10.1. The minimum atomic E-state index is 0.528. The van der Waals surface area contributed by atoms with Gasteiger partial charge in [-0.1, -0.05) is 30.3 Å². The van der Waals surface area contributed by atoms with E-state index in [9.17, 15) is 0 Å². The minimum absolute atomic E-state index is 0.528. The summed E-state index contributed by atoms with van der Waals surface area (Å²) in [5.41, 5.74) is 3.31. The molecule has 0 spiro atoms. The normalized spacial score (nSPS) is 10.9. The second-order valence-electron chi connectivity index (χ2n) is 7.35. The second-order valence-corrected chi connectivity index (χ2v) is 7.35. The van der Waals surface area contributed by atoms with Gasteiger partial charge in [0.05, 0.1) is 0 Å². The van der Waals surface area contributed by atoms with E-state index in [-0.39, 0.29) is 0 Å². The molecule has 0 aliphatic heterocycles. The maximum absolute atomic E-state index is 5.97. The van der Waals surface area contributed by atoms with Crippen LogP contribution in [0.25, 0.3) is 10.9 Å². The van der Waals surface area contributed by atoms with Gasteiger partial charge < -0.3 is 14.5 Å². The molecule has 5 aromatic rings. The van der Waals surface area contributed by atoms with E-state index < -0.39 is 0 Å². The molecule has 0 bridgehead atoms. The summed E-state index contributed by atoms with van der Waals surface area (Å²) >= 11 is 0. The van der Waals surface area contributed by atoms with Gasteiger partial charge in [-0.05, 0) is 61.0 Å². The number of hydrogen-bond acceptors (Lipinski definition) is 4. The topological polar surface area (TPSA) is 60.0 Å². The van der Waals surface area contributed by atoms with Crippen molar-refractivity contribution < 1.29 is 9.47 Å². The molecule has 5 heteroatoms. The average molecular weight is 407 g/mol. The summed E-state index contributed by atoms with van der Waals surface area (Å²) < 4.78 is 11.8. The zero-order chi connectivity index (χ0) is 21.0. The van der Waals surface area contributed by atoms with E-state index in [0.717, 1.165) is 39.4 Å². The average Bonchev–Trinajstić information content (AvgIpc) is 3.15. The molecule has 31 heavy (non-hydrogen) atoms. The van der Waals surface area contributed by atoms with Gasteiger partial charge in [-0.3, -0.25) is 0 Å². The standard InChI is InChI=1S/C26H21N3O2/c1-18-15-20-17-23(11-12-24(20)28-18)31-26-13-14-27-25(29-26)16-19-7-9-22(10-8-19)30-21-5-3-2-4-6-21/h2-15,17,28H,16H2,1H3. The number of aromatic nitrogens is 3. The molecule has 1 N–H and O–H groups in total. The summed E-state index contributed by atoms with van der Waals surface area (Å²) in [6, 6.07) is 27.5. The Kier molecular flexibility index (Phi) is 5.07. The summed E-state index contributed by atoms with van der Waals surface area (Å²) in [4.78, 5) is 12.3. The van der Waals surface area contributed by atoms with E-state index in [1.807, 2.05) is 79.7 Å². The first kappa shape index (κ1) is 18.9. The van der Waals surface area contributed by atoms with Crippen LogP contribution in [0.3, 0.4) is 0 Å². The van der Waals surface area contributed by atoms with Crippen molar-refractivity contribution in [2.24, 2.45) is 0 Å². The highest BCUT2D eigenvalue weighted by Crippen LogP contribution is 2.26. The number of nitrogens with zero attached hydrogens (tertiary/aromatic N) is 2. The Morgan fingerprint density at radius 3 is 2.39 bits per heavy atom. The zero-order valence-electron chi connectivity index (χ0n) is 17.1. The molecule has 0 saturated heterocycles. The first-order valence-corrected chi connectivity index (χ1v) is 10.1. The number of ether oxygens (including phenoxy) is 2. The fourth-order valence-electron chi connectivity index (χ4n) is 3.45. The van der Waals surface area contributed by atoms with Crippen LogP contribution in [-0.4, -0.2) is 15.0 Å². The molecule has 0 atom stereocenters. The molecule has 5 rings (SSSR count). The summed E-state index contributed by atoms with van der Waals surface area (Å²) in [6.45, 7) is 2.04. The van der Waals surface area contributed by atoms with Crippen LogP contribution in [-0.2, 0) is 6.42 Å². The van der Waals surface area contributed by atoms with Crippen LogP contribution in [0.2, 0.25) is 0 Å². The molecule has 2 aromatic heterocycles. The lowest BCUT2D eigenvalue weighted by Crippen LogP contribution is -1.98. The molecule has 5 nitrogen and oxygen atoms in total. The van der Waals surface area contributed by atoms with Crippen LogP contribution in [0.5, 0.6) is 23.1 Å². The lowest BCUT2D eigenvalue weighted by Gasteiger charge is -2.08. The van der Waals surface area contributed by atoms with E-state index in [2.05, 4.69) is 21.0 Å². The Hall–Kier alpha value is -4.12. The van der Waals surface area contributed by atoms with Gasteiger partial charge in [-0.15, -0.1) is 0 Å². The smallest absolute Gasteiger partial charge is 0.222 e. The maximum Gasteiger partial charge on any atom is 0.222 e.